The van der Waals surface area contributed by atoms with E-state index in [1.165, 1.54) is 0 Å². The predicted molar refractivity (Wildman–Crippen MR) is 77.6 cm³/mol. The summed E-state index contributed by atoms with van der Waals surface area (Å²) in [6.45, 7) is 7.39. The maximum Gasteiger partial charge on any atom is 0.129 e. The highest BCUT2D eigenvalue weighted by atomic mass is 28.3. The Morgan fingerprint density at radius 2 is 1.94 bits per heavy atom. The molecular formula is C15H20OSi. The topological polar surface area (TPSA) is 9.23 Å². The normalized spacial score (nSPS) is 11.3. The molecule has 0 saturated carbocycles. The van der Waals surface area contributed by atoms with Gasteiger partial charge in [-0.1, -0.05) is 55.9 Å². The van der Waals surface area contributed by atoms with Crippen molar-refractivity contribution in [1.82, 2.24) is 0 Å². The fourth-order valence-corrected chi connectivity index (χ4v) is 1.79. The summed E-state index contributed by atoms with van der Waals surface area (Å²) in [4.78, 5) is 0. The molecule has 0 aromatic heterocycles. The van der Waals surface area contributed by atoms with E-state index in [4.69, 9.17) is 4.74 Å². The number of ether oxygens (including phenoxy) is 1. The second-order valence-electron chi connectivity index (χ2n) is 4.94. The van der Waals surface area contributed by atoms with Crippen molar-refractivity contribution < 1.29 is 4.74 Å². The van der Waals surface area contributed by atoms with Gasteiger partial charge in [0, 0.05) is 12.7 Å². The molecule has 0 aliphatic heterocycles. The van der Waals surface area contributed by atoms with E-state index >= 15 is 0 Å². The molecule has 2 heteroatoms. The van der Waals surface area contributed by atoms with Gasteiger partial charge in [0.15, 0.2) is 0 Å². The summed E-state index contributed by atoms with van der Waals surface area (Å²) in [5.74, 6) is 3.30. The number of hydrogen-bond acceptors (Lipinski definition) is 1. The van der Waals surface area contributed by atoms with Crippen LogP contribution in [0.3, 0.4) is 0 Å². The lowest BCUT2D eigenvalue weighted by atomic mass is 10.1. The van der Waals surface area contributed by atoms with Crippen LogP contribution in [0.2, 0.25) is 19.6 Å². The Hall–Kier alpha value is -1.30. The third kappa shape index (κ3) is 5.53. The van der Waals surface area contributed by atoms with E-state index in [1.54, 1.807) is 7.11 Å². The third-order valence-corrected chi connectivity index (χ3v) is 2.97. The first-order valence-corrected chi connectivity index (χ1v) is 9.30. The van der Waals surface area contributed by atoms with E-state index < -0.39 is 8.07 Å². The van der Waals surface area contributed by atoms with Crippen molar-refractivity contribution >= 4 is 14.1 Å². The Morgan fingerprint density at radius 1 is 1.24 bits per heavy atom. The molecule has 0 bridgehead atoms. The molecule has 0 N–H and O–H groups in total. The highest BCUT2D eigenvalue weighted by Crippen LogP contribution is 2.10. The minimum Gasteiger partial charge on any atom is -0.381 e. The van der Waals surface area contributed by atoms with Gasteiger partial charge in [-0.2, -0.15) is 0 Å². The largest absolute Gasteiger partial charge is 0.381 e. The zero-order chi connectivity index (χ0) is 12.7. The van der Waals surface area contributed by atoms with Crippen LogP contribution in [0.4, 0.5) is 0 Å². The van der Waals surface area contributed by atoms with E-state index in [1.807, 2.05) is 18.2 Å². The third-order valence-electron chi connectivity index (χ3n) is 2.09. The molecule has 1 nitrogen and oxygen atoms in total. The molecule has 0 fully saturated rings. The molecule has 0 amide bonds. The van der Waals surface area contributed by atoms with E-state index in [9.17, 15) is 0 Å². The molecule has 0 aliphatic rings. The summed E-state index contributed by atoms with van der Waals surface area (Å²) < 4.78 is 5.00. The van der Waals surface area contributed by atoms with Crippen molar-refractivity contribution in [2.24, 2.45) is 0 Å². The summed E-state index contributed by atoms with van der Waals surface area (Å²) in [6, 6.07) is 8.22. The SMILES string of the molecule is COC/C=C/c1ccccc1C#C[Si](C)(C)C. The van der Waals surface area contributed by atoms with Gasteiger partial charge in [-0.05, 0) is 11.6 Å². The van der Waals surface area contributed by atoms with Crippen LogP contribution in [0.1, 0.15) is 11.1 Å². The smallest absolute Gasteiger partial charge is 0.129 e. The van der Waals surface area contributed by atoms with Crippen LogP contribution in [-0.2, 0) is 4.74 Å². The lowest BCUT2D eigenvalue weighted by Gasteiger charge is -2.04. The Bertz CT molecular complexity index is 444. The zero-order valence-electron chi connectivity index (χ0n) is 11.1. The second kappa shape index (κ2) is 6.44. The first-order chi connectivity index (χ1) is 8.03. The maximum absolute atomic E-state index is 5.00. The summed E-state index contributed by atoms with van der Waals surface area (Å²) in [5, 5.41) is 0. The van der Waals surface area contributed by atoms with Crippen LogP contribution in [0.25, 0.3) is 6.08 Å². The summed E-state index contributed by atoms with van der Waals surface area (Å²) >= 11 is 0. The quantitative estimate of drug-likeness (QED) is 0.583. The van der Waals surface area contributed by atoms with Crippen LogP contribution in [-0.4, -0.2) is 21.8 Å². The number of methoxy groups -OCH3 is 1. The number of rotatable bonds is 3. The lowest BCUT2D eigenvalue weighted by molar-refractivity contribution is 0.234. The van der Waals surface area contributed by atoms with Crippen LogP contribution >= 0.6 is 0 Å². The molecule has 1 aromatic rings. The minimum atomic E-state index is -1.31. The Labute approximate surface area is 106 Å². The van der Waals surface area contributed by atoms with Crippen LogP contribution in [0, 0.1) is 11.5 Å². The highest BCUT2D eigenvalue weighted by Gasteiger charge is 2.07. The summed E-state index contributed by atoms with van der Waals surface area (Å²) in [6.07, 6.45) is 4.08. The van der Waals surface area contributed by atoms with Crippen molar-refractivity contribution in [3.8, 4) is 11.5 Å². The molecule has 0 aliphatic carbocycles. The maximum atomic E-state index is 5.00. The Morgan fingerprint density at radius 3 is 2.59 bits per heavy atom. The van der Waals surface area contributed by atoms with Crippen LogP contribution in [0.5, 0.6) is 0 Å². The Balaban J connectivity index is 2.95. The average molecular weight is 244 g/mol. The fourth-order valence-electron chi connectivity index (χ4n) is 1.28. The molecule has 1 aromatic carbocycles. The molecule has 17 heavy (non-hydrogen) atoms. The monoisotopic (exact) mass is 244 g/mol. The van der Waals surface area contributed by atoms with Gasteiger partial charge in [0.05, 0.1) is 6.61 Å². The highest BCUT2D eigenvalue weighted by molar-refractivity contribution is 6.83. The van der Waals surface area contributed by atoms with Gasteiger partial charge in [0.1, 0.15) is 8.07 Å². The van der Waals surface area contributed by atoms with E-state index in [0.717, 1.165) is 11.1 Å². The lowest BCUT2D eigenvalue weighted by Crippen LogP contribution is -2.16. The van der Waals surface area contributed by atoms with Gasteiger partial charge in [0.2, 0.25) is 0 Å². The van der Waals surface area contributed by atoms with Gasteiger partial charge >= 0.3 is 0 Å². The molecule has 0 heterocycles. The Kier molecular flexibility index (Phi) is 5.21. The molecule has 90 valence electrons. The van der Waals surface area contributed by atoms with E-state index in [2.05, 4.69) is 49.3 Å². The summed E-state index contributed by atoms with van der Waals surface area (Å²) in [7, 11) is 0.385. The average Bonchev–Trinajstić information content (AvgIpc) is 2.27. The summed E-state index contributed by atoms with van der Waals surface area (Å²) in [5.41, 5.74) is 5.65. The van der Waals surface area contributed by atoms with Crippen LogP contribution < -0.4 is 0 Å². The standard InChI is InChI=1S/C15H20OSi/c1-16-12-7-10-14-8-5-6-9-15(14)11-13-17(2,3)4/h5-10H,12H2,1-4H3/b10-7+. The molecular weight excluding hydrogens is 224 g/mol. The molecule has 0 atom stereocenters. The first-order valence-electron chi connectivity index (χ1n) is 5.80. The molecule has 0 spiro atoms. The van der Waals surface area contributed by atoms with E-state index in [0.29, 0.717) is 6.61 Å². The van der Waals surface area contributed by atoms with Gasteiger partial charge in [-0.3, -0.25) is 0 Å². The van der Waals surface area contributed by atoms with Gasteiger partial charge in [0.25, 0.3) is 0 Å². The second-order valence-corrected chi connectivity index (χ2v) is 9.69. The van der Waals surface area contributed by atoms with Gasteiger partial charge < -0.3 is 4.74 Å². The van der Waals surface area contributed by atoms with Gasteiger partial charge in [-0.15, -0.1) is 5.54 Å². The molecule has 0 radical (unpaired) electrons. The number of benzene rings is 1. The predicted octanol–water partition coefficient (Wildman–Crippen LogP) is 3.58. The first kappa shape index (κ1) is 13.8. The zero-order valence-corrected chi connectivity index (χ0v) is 12.1. The molecule has 0 saturated heterocycles. The van der Waals surface area contributed by atoms with Crippen molar-refractivity contribution in [3.63, 3.8) is 0 Å². The molecule has 1 rings (SSSR count). The number of hydrogen-bond donors (Lipinski definition) is 0. The van der Waals surface area contributed by atoms with Crippen molar-refractivity contribution in [1.29, 1.82) is 0 Å². The van der Waals surface area contributed by atoms with Crippen molar-refractivity contribution in [3.05, 3.63) is 41.5 Å². The van der Waals surface area contributed by atoms with Gasteiger partial charge in [-0.25, -0.2) is 0 Å². The van der Waals surface area contributed by atoms with Crippen LogP contribution in [0.15, 0.2) is 30.3 Å². The minimum absolute atomic E-state index is 0.635. The van der Waals surface area contributed by atoms with Crippen molar-refractivity contribution in [2.45, 2.75) is 19.6 Å². The fraction of sp³-hybridized carbons (Fsp3) is 0.333. The van der Waals surface area contributed by atoms with E-state index in [-0.39, 0.29) is 0 Å². The molecule has 0 unspecified atom stereocenters. The van der Waals surface area contributed by atoms with Crippen molar-refractivity contribution in [2.75, 3.05) is 13.7 Å².